The van der Waals surface area contributed by atoms with Gasteiger partial charge in [0, 0.05) is 31.9 Å². The molecule has 2 aromatic heterocycles. The summed E-state index contributed by atoms with van der Waals surface area (Å²) in [6.45, 7) is 3.53. The van der Waals surface area contributed by atoms with Crippen LogP contribution >= 0.6 is 0 Å². The number of fused-ring (bicyclic) bond motifs is 1. The number of nitrogens with zero attached hydrogens (tertiary/aromatic N) is 4. The number of anilines is 1. The summed E-state index contributed by atoms with van der Waals surface area (Å²) < 4.78 is 16.2. The van der Waals surface area contributed by atoms with Gasteiger partial charge in [-0.25, -0.2) is 19.3 Å². The molecule has 1 atom stereocenters. The average molecular weight is 275 g/mol. The van der Waals surface area contributed by atoms with Gasteiger partial charge >= 0.3 is 0 Å². The number of halogens is 1. The Morgan fingerprint density at radius 2 is 2.30 bits per heavy atom. The summed E-state index contributed by atoms with van der Waals surface area (Å²) in [4.78, 5) is 12.2. The van der Waals surface area contributed by atoms with Crippen LogP contribution in [0.5, 0.6) is 0 Å². The van der Waals surface area contributed by atoms with Crippen LogP contribution in [0.3, 0.4) is 0 Å². The summed E-state index contributed by atoms with van der Waals surface area (Å²) in [6, 6.07) is 0. The van der Waals surface area contributed by atoms with Crippen LogP contribution in [-0.4, -0.2) is 26.1 Å². The van der Waals surface area contributed by atoms with E-state index in [-0.39, 0.29) is 5.82 Å². The monoisotopic (exact) mass is 275 g/mol. The van der Waals surface area contributed by atoms with E-state index in [2.05, 4.69) is 24.8 Å². The molecule has 2 aromatic rings. The molecule has 6 heteroatoms. The molecule has 0 aliphatic carbocycles. The normalized spacial score (nSPS) is 17.8. The van der Waals surface area contributed by atoms with Crippen molar-refractivity contribution in [2.24, 2.45) is 5.92 Å². The van der Waals surface area contributed by atoms with Crippen molar-refractivity contribution >= 4 is 5.82 Å². The van der Waals surface area contributed by atoms with Gasteiger partial charge in [-0.05, 0) is 18.8 Å². The van der Waals surface area contributed by atoms with E-state index in [0.717, 1.165) is 25.2 Å². The molecule has 3 heterocycles. The van der Waals surface area contributed by atoms with Crippen LogP contribution in [0.15, 0.2) is 18.7 Å². The third-order valence-electron chi connectivity index (χ3n) is 3.79. The van der Waals surface area contributed by atoms with Gasteiger partial charge in [-0.2, -0.15) is 0 Å². The highest BCUT2D eigenvalue weighted by atomic mass is 19.1. The number of aromatic nitrogens is 4. The van der Waals surface area contributed by atoms with Crippen LogP contribution in [0.2, 0.25) is 0 Å². The number of aryl methyl sites for hydroxylation is 2. The molecule has 1 aliphatic heterocycles. The molecular weight excluding hydrogens is 257 g/mol. The minimum absolute atomic E-state index is 0.313. The van der Waals surface area contributed by atoms with Gasteiger partial charge in [-0.3, -0.25) is 0 Å². The van der Waals surface area contributed by atoms with Crippen LogP contribution in [-0.2, 0) is 19.4 Å². The minimum Gasteiger partial charge on any atom is -0.367 e. The summed E-state index contributed by atoms with van der Waals surface area (Å²) in [5.74, 6) is 1.60. The quantitative estimate of drug-likeness (QED) is 0.928. The first kappa shape index (κ1) is 13.0. The zero-order chi connectivity index (χ0) is 13.9. The second kappa shape index (κ2) is 5.56. The highest BCUT2D eigenvalue weighted by Gasteiger charge is 2.19. The lowest BCUT2D eigenvalue weighted by Crippen LogP contribution is -2.26. The number of hydrogen-bond donors (Lipinski definition) is 1. The second-order valence-electron chi connectivity index (χ2n) is 5.12. The Balaban J connectivity index is 1.63. The van der Waals surface area contributed by atoms with Gasteiger partial charge in [0.1, 0.15) is 12.2 Å². The molecule has 1 aliphatic rings. The molecule has 0 aromatic carbocycles. The SMILES string of the molecule is CCc1ncnc(NC[C@@H]2CCc3nccn3C2)c1F. The molecule has 5 nitrogen and oxygen atoms in total. The molecule has 0 saturated carbocycles. The topological polar surface area (TPSA) is 55.6 Å². The van der Waals surface area contributed by atoms with Gasteiger partial charge in [0.2, 0.25) is 0 Å². The van der Waals surface area contributed by atoms with Crippen LogP contribution in [0.25, 0.3) is 0 Å². The van der Waals surface area contributed by atoms with Crippen molar-refractivity contribution in [3.05, 3.63) is 36.1 Å². The van der Waals surface area contributed by atoms with Gasteiger partial charge in [0.25, 0.3) is 0 Å². The van der Waals surface area contributed by atoms with Gasteiger partial charge < -0.3 is 9.88 Å². The highest BCUT2D eigenvalue weighted by molar-refractivity contribution is 5.37. The Bertz CT molecular complexity index is 595. The molecule has 0 bridgehead atoms. The molecule has 0 unspecified atom stereocenters. The number of rotatable bonds is 4. The summed E-state index contributed by atoms with van der Waals surface area (Å²) in [5.41, 5.74) is 0.461. The van der Waals surface area contributed by atoms with Gasteiger partial charge in [-0.1, -0.05) is 6.92 Å². The average Bonchev–Trinajstić information content (AvgIpc) is 2.93. The molecule has 0 saturated heterocycles. The van der Waals surface area contributed by atoms with Crippen LogP contribution in [0.4, 0.5) is 10.2 Å². The van der Waals surface area contributed by atoms with Crippen molar-refractivity contribution in [3.8, 4) is 0 Å². The fourth-order valence-electron chi connectivity index (χ4n) is 2.62. The van der Waals surface area contributed by atoms with Crippen LogP contribution in [0, 0.1) is 11.7 Å². The highest BCUT2D eigenvalue weighted by Crippen LogP contribution is 2.20. The summed E-state index contributed by atoms with van der Waals surface area (Å²) in [5, 5.41) is 3.12. The first-order chi connectivity index (χ1) is 9.78. The van der Waals surface area contributed by atoms with Crippen molar-refractivity contribution in [1.29, 1.82) is 0 Å². The van der Waals surface area contributed by atoms with E-state index in [1.165, 1.54) is 6.33 Å². The van der Waals surface area contributed by atoms with E-state index in [9.17, 15) is 4.39 Å². The molecule has 3 rings (SSSR count). The maximum Gasteiger partial charge on any atom is 0.186 e. The van der Waals surface area contributed by atoms with Gasteiger partial charge in [0.15, 0.2) is 11.6 Å². The number of hydrogen-bond acceptors (Lipinski definition) is 4. The molecule has 0 radical (unpaired) electrons. The molecule has 0 amide bonds. The van der Waals surface area contributed by atoms with Gasteiger partial charge in [0.05, 0.1) is 5.69 Å². The lowest BCUT2D eigenvalue weighted by Gasteiger charge is -2.24. The zero-order valence-corrected chi connectivity index (χ0v) is 11.5. The fraction of sp³-hybridized carbons (Fsp3) is 0.500. The summed E-state index contributed by atoms with van der Waals surface area (Å²) >= 11 is 0. The Hall–Kier alpha value is -1.98. The Kier molecular flexibility index (Phi) is 3.62. The Morgan fingerprint density at radius 1 is 1.40 bits per heavy atom. The molecule has 20 heavy (non-hydrogen) atoms. The minimum atomic E-state index is -0.325. The molecule has 106 valence electrons. The van der Waals surface area contributed by atoms with E-state index in [4.69, 9.17) is 0 Å². The fourth-order valence-corrected chi connectivity index (χ4v) is 2.62. The summed E-state index contributed by atoms with van der Waals surface area (Å²) in [6.07, 6.45) is 7.87. The predicted molar refractivity (Wildman–Crippen MR) is 73.9 cm³/mol. The van der Waals surface area contributed by atoms with Gasteiger partial charge in [-0.15, -0.1) is 0 Å². The van der Waals surface area contributed by atoms with Crippen LogP contribution < -0.4 is 5.32 Å². The summed E-state index contributed by atoms with van der Waals surface area (Å²) in [7, 11) is 0. The lowest BCUT2D eigenvalue weighted by atomic mass is 9.99. The van der Waals surface area contributed by atoms with E-state index in [0.29, 0.717) is 30.4 Å². The first-order valence-corrected chi connectivity index (χ1v) is 7.01. The standard InChI is InChI=1S/C14H18FN5/c1-2-11-13(15)14(19-9-18-11)17-7-10-3-4-12-16-5-6-20(12)8-10/h5-6,9-10H,2-4,7-8H2,1H3,(H,17,18,19)/t10-/m0/s1. The maximum absolute atomic E-state index is 14.0. The van der Waals surface area contributed by atoms with E-state index < -0.39 is 0 Å². The smallest absolute Gasteiger partial charge is 0.186 e. The number of imidazole rings is 1. The van der Waals surface area contributed by atoms with Crippen molar-refractivity contribution in [1.82, 2.24) is 19.5 Å². The molecule has 1 N–H and O–H groups in total. The number of nitrogens with one attached hydrogen (secondary N) is 1. The van der Waals surface area contributed by atoms with Crippen molar-refractivity contribution < 1.29 is 4.39 Å². The Labute approximate surface area is 117 Å². The van der Waals surface area contributed by atoms with Crippen molar-refractivity contribution in [3.63, 3.8) is 0 Å². The van der Waals surface area contributed by atoms with E-state index in [1.807, 2.05) is 19.3 Å². The van der Waals surface area contributed by atoms with Crippen molar-refractivity contribution in [2.45, 2.75) is 32.7 Å². The first-order valence-electron chi connectivity index (χ1n) is 7.01. The lowest BCUT2D eigenvalue weighted by molar-refractivity contribution is 0.380. The van der Waals surface area contributed by atoms with E-state index >= 15 is 0 Å². The maximum atomic E-state index is 14.0. The Morgan fingerprint density at radius 3 is 3.15 bits per heavy atom. The molecule has 0 spiro atoms. The second-order valence-corrected chi connectivity index (χ2v) is 5.12. The zero-order valence-electron chi connectivity index (χ0n) is 11.5. The predicted octanol–water partition coefficient (Wildman–Crippen LogP) is 2.05. The van der Waals surface area contributed by atoms with Crippen LogP contribution in [0.1, 0.15) is 24.9 Å². The third-order valence-corrected chi connectivity index (χ3v) is 3.79. The van der Waals surface area contributed by atoms with E-state index in [1.54, 1.807) is 0 Å². The largest absolute Gasteiger partial charge is 0.367 e. The van der Waals surface area contributed by atoms with Crippen molar-refractivity contribution in [2.75, 3.05) is 11.9 Å². The third kappa shape index (κ3) is 2.50. The molecular formula is C14H18FN5. The molecule has 0 fully saturated rings.